The lowest BCUT2D eigenvalue weighted by atomic mass is 9.88. The molecule has 0 bridgehead atoms. The molecule has 1 fully saturated rings. The summed E-state index contributed by atoms with van der Waals surface area (Å²) in [7, 11) is 1.70. The zero-order valence-electron chi connectivity index (χ0n) is 15.3. The van der Waals surface area contributed by atoms with E-state index in [4.69, 9.17) is 9.47 Å². The molecule has 138 valence electrons. The standard InChI is InChI=1S/C21H26N2O3/c1-15(17-13-22-14-17)21(24)23-18-5-9-20(10-6-18)26-19-7-3-16(4-8-19)11-12-25-2/h3-10,15,17,22H,11-14H2,1-2H3,(H,23,24). The van der Waals surface area contributed by atoms with Crippen molar-refractivity contribution < 1.29 is 14.3 Å². The number of rotatable bonds is 8. The molecule has 2 aromatic rings. The minimum atomic E-state index is 0.0174. The highest BCUT2D eigenvalue weighted by Crippen LogP contribution is 2.24. The Labute approximate surface area is 154 Å². The van der Waals surface area contributed by atoms with E-state index in [1.165, 1.54) is 5.56 Å². The fraction of sp³-hybridized carbons (Fsp3) is 0.381. The highest BCUT2D eigenvalue weighted by molar-refractivity contribution is 5.92. The number of nitrogens with one attached hydrogen (secondary N) is 2. The average molecular weight is 354 g/mol. The largest absolute Gasteiger partial charge is 0.457 e. The van der Waals surface area contributed by atoms with E-state index in [9.17, 15) is 4.79 Å². The predicted octanol–water partition coefficient (Wildman–Crippen LogP) is 3.46. The summed E-state index contributed by atoms with van der Waals surface area (Å²) in [5.74, 6) is 2.04. The Morgan fingerprint density at radius 3 is 2.27 bits per heavy atom. The zero-order chi connectivity index (χ0) is 18.4. The quantitative estimate of drug-likeness (QED) is 0.762. The molecule has 5 heteroatoms. The van der Waals surface area contributed by atoms with Gasteiger partial charge < -0.3 is 20.1 Å². The first-order valence-corrected chi connectivity index (χ1v) is 9.03. The molecule has 1 saturated heterocycles. The average Bonchev–Trinajstić information content (AvgIpc) is 2.61. The van der Waals surface area contributed by atoms with E-state index in [1.807, 2.05) is 55.5 Å². The van der Waals surface area contributed by atoms with Crippen LogP contribution in [-0.4, -0.2) is 32.7 Å². The van der Waals surface area contributed by atoms with Gasteiger partial charge >= 0.3 is 0 Å². The Hall–Kier alpha value is -2.37. The molecular formula is C21H26N2O3. The second-order valence-electron chi connectivity index (χ2n) is 6.71. The number of benzene rings is 2. The maximum absolute atomic E-state index is 12.3. The van der Waals surface area contributed by atoms with Crippen molar-refractivity contribution in [3.63, 3.8) is 0 Å². The Morgan fingerprint density at radius 2 is 1.73 bits per heavy atom. The minimum absolute atomic E-state index is 0.0174. The fourth-order valence-electron chi connectivity index (χ4n) is 2.82. The molecule has 0 spiro atoms. The lowest BCUT2D eigenvalue weighted by Crippen LogP contribution is -2.48. The van der Waals surface area contributed by atoms with E-state index in [2.05, 4.69) is 10.6 Å². The van der Waals surface area contributed by atoms with Gasteiger partial charge in [-0.1, -0.05) is 19.1 Å². The topological polar surface area (TPSA) is 59.6 Å². The first kappa shape index (κ1) is 18.4. The van der Waals surface area contributed by atoms with Gasteiger partial charge in [0.25, 0.3) is 0 Å². The maximum Gasteiger partial charge on any atom is 0.227 e. The second kappa shape index (κ2) is 8.83. The van der Waals surface area contributed by atoms with Gasteiger partial charge in [0.1, 0.15) is 11.5 Å². The molecule has 26 heavy (non-hydrogen) atoms. The molecule has 1 amide bonds. The van der Waals surface area contributed by atoms with E-state index < -0.39 is 0 Å². The van der Waals surface area contributed by atoms with Crippen LogP contribution in [0.4, 0.5) is 5.69 Å². The fourth-order valence-corrected chi connectivity index (χ4v) is 2.82. The molecule has 1 heterocycles. The van der Waals surface area contributed by atoms with Crippen molar-refractivity contribution in [2.45, 2.75) is 13.3 Å². The monoisotopic (exact) mass is 354 g/mol. The molecule has 0 saturated carbocycles. The number of carbonyl (C=O) groups excluding carboxylic acids is 1. The van der Waals surface area contributed by atoms with Crippen LogP contribution >= 0.6 is 0 Å². The van der Waals surface area contributed by atoms with E-state index in [1.54, 1.807) is 7.11 Å². The third kappa shape index (κ3) is 4.84. The van der Waals surface area contributed by atoms with Crippen molar-refractivity contribution in [2.24, 2.45) is 11.8 Å². The van der Waals surface area contributed by atoms with Gasteiger partial charge in [-0.15, -0.1) is 0 Å². The molecule has 2 aromatic carbocycles. The minimum Gasteiger partial charge on any atom is -0.457 e. The van der Waals surface area contributed by atoms with Gasteiger partial charge in [-0.05, 0) is 67.4 Å². The molecule has 1 unspecified atom stereocenters. The van der Waals surface area contributed by atoms with Gasteiger partial charge in [0, 0.05) is 18.7 Å². The van der Waals surface area contributed by atoms with Crippen LogP contribution in [0.25, 0.3) is 0 Å². The Kier molecular flexibility index (Phi) is 6.26. The van der Waals surface area contributed by atoms with Crippen LogP contribution in [-0.2, 0) is 16.0 Å². The number of hydrogen-bond donors (Lipinski definition) is 2. The van der Waals surface area contributed by atoms with Crippen LogP contribution in [0.5, 0.6) is 11.5 Å². The van der Waals surface area contributed by atoms with Gasteiger partial charge in [-0.2, -0.15) is 0 Å². The molecule has 1 aliphatic heterocycles. The molecule has 0 aromatic heterocycles. The number of carbonyl (C=O) groups is 1. The SMILES string of the molecule is COCCc1ccc(Oc2ccc(NC(=O)C(C)C3CNC3)cc2)cc1. The first-order valence-electron chi connectivity index (χ1n) is 9.03. The summed E-state index contributed by atoms with van der Waals surface area (Å²) in [4.78, 5) is 12.3. The van der Waals surface area contributed by atoms with Gasteiger partial charge in [0.2, 0.25) is 5.91 Å². The van der Waals surface area contributed by atoms with Crippen molar-refractivity contribution in [1.29, 1.82) is 0 Å². The van der Waals surface area contributed by atoms with Crippen LogP contribution in [0.15, 0.2) is 48.5 Å². The second-order valence-corrected chi connectivity index (χ2v) is 6.71. The Bertz CT molecular complexity index is 709. The van der Waals surface area contributed by atoms with Crippen LogP contribution in [0, 0.1) is 11.8 Å². The molecule has 0 aliphatic carbocycles. The van der Waals surface area contributed by atoms with Crippen molar-refractivity contribution >= 4 is 11.6 Å². The van der Waals surface area contributed by atoms with E-state index in [0.717, 1.165) is 36.7 Å². The third-order valence-corrected chi connectivity index (χ3v) is 4.81. The summed E-state index contributed by atoms with van der Waals surface area (Å²) in [5.41, 5.74) is 2.00. The molecular weight excluding hydrogens is 328 g/mol. The Morgan fingerprint density at radius 1 is 1.12 bits per heavy atom. The molecule has 5 nitrogen and oxygen atoms in total. The summed E-state index contributed by atoms with van der Waals surface area (Å²) in [6, 6.07) is 15.5. The maximum atomic E-state index is 12.3. The molecule has 1 aliphatic rings. The number of hydrogen-bond acceptors (Lipinski definition) is 4. The highest BCUT2D eigenvalue weighted by Gasteiger charge is 2.28. The normalized spacial score (nSPS) is 15.2. The van der Waals surface area contributed by atoms with Crippen LogP contribution in [0.2, 0.25) is 0 Å². The van der Waals surface area contributed by atoms with Gasteiger partial charge in [-0.3, -0.25) is 4.79 Å². The summed E-state index contributed by atoms with van der Waals surface area (Å²) in [6.07, 6.45) is 0.889. The number of anilines is 1. The van der Waals surface area contributed by atoms with Crippen LogP contribution in [0.3, 0.4) is 0 Å². The summed E-state index contributed by atoms with van der Waals surface area (Å²) >= 11 is 0. The summed E-state index contributed by atoms with van der Waals surface area (Å²) in [5, 5.41) is 6.18. The predicted molar refractivity (Wildman–Crippen MR) is 103 cm³/mol. The molecule has 2 N–H and O–H groups in total. The lowest BCUT2D eigenvalue weighted by Gasteiger charge is -2.31. The number of methoxy groups -OCH3 is 1. The number of amides is 1. The van der Waals surface area contributed by atoms with Crippen molar-refractivity contribution in [1.82, 2.24) is 5.32 Å². The third-order valence-electron chi connectivity index (χ3n) is 4.81. The van der Waals surface area contributed by atoms with Gasteiger partial charge in [0.15, 0.2) is 0 Å². The van der Waals surface area contributed by atoms with E-state index in [0.29, 0.717) is 12.5 Å². The first-order chi connectivity index (χ1) is 12.7. The van der Waals surface area contributed by atoms with Crippen LogP contribution in [0.1, 0.15) is 12.5 Å². The number of ether oxygens (including phenoxy) is 2. The smallest absolute Gasteiger partial charge is 0.227 e. The Balaban J connectivity index is 1.53. The molecule has 1 atom stereocenters. The highest BCUT2D eigenvalue weighted by atomic mass is 16.5. The van der Waals surface area contributed by atoms with Crippen molar-refractivity contribution in [3.8, 4) is 11.5 Å². The summed E-state index contributed by atoms with van der Waals surface area (Å²) < 4.78 is 10.9. The van der Waals surface area contributed by atoms with Gasteiger partial charge in [0.05, 0.1) is 6.61 Å². The molecule has 0 radical (unpaired) electrons. The molecule has 3 rings (SSSR count). The van der Waals surface area contributed by atoms with Crippen molar-refractivity contribution in [2.75, 3.05) is 32.1 Å². The van der Waals surface area contributed by atoms with Crippen molar-refractivity contribution in [3.05, 3.63) is 54.1 Å². The van der Waals surface area contributed by atoms with Crippen LogP contribution < -0.4 is 15.4 Å². The lowest BCUT2D eigenvalue weighted by molar-refractivity contribution is -0.121. The van der Waals surface area contributed by atoms with Gasteiger partial charge in [-0.25, -0.2) is 0 Å². The van der Waals surface area contributed by atoms with E-state index in [-0.39, 0.29) is 11.8 Å². The van der Waals surface area contributed by atoms with E-state index >= 15 is 0 Å². The summed E-state index contributed by atoms with van der Waals surface area (Å²) in [6.45, 7) is 4.54. The zero-order valence-corrected chi connectivity index (χ0v) is 15.3.